The lowest BCUT2D eigenvalue weighted by Gasteiger charge is -2.05. The third kappa shape index (κ3) is 2.44. The van der Waals surface area contributed by atoms with Gasteiger partial charge in [0.25, 0.3) is 0 Å². The molecule has 0 fully saturated rings. The van der Waals surface area contributed by atoms with Crippen molar-refractivity contribution >= 4 is 59.4 Å². The molecular formula is C7H3Br3ClF. The minimum absolute atomic E-state index is 0.196. The van der Waals surface area contributed by atoms with Gasteiger partial charge in [0.05, 0.1) is 8.76 Å². The monoisotopic (exact) mass is 378 g/mol. The molecule has 1 aromatic rings. The standard InChI is InChI=1S/C7H3Br3ClF/c8-4-1-3(7(9)10)6(12)2-5(4)11/h1-2,7H. The van der Waals surface area contributed by atoms with Crippen LogP contribution in [0.15, 0.2) is 16.6 Å². The molecule has 0 atom stereocenters. The van der Waals surface area contributed by atoms with E-state index in [0.717, 1.165) is 0 Å². The molecule has 0 saturated heterocycles. The first kappa shape index (κ1) is 11.0. The highest BCUT2D eigenvalue weighted by atomic mass is 79.9. The van der Waals surface area contributed by atoms with Gasteiger partial charge in [-0.25, -0.2) is 4.39 Å². The van der Waals surface area contributed by atoms with Crippen LogP contribution in [0, 0.1) is 5.82 Å². The summed E-state index contributed by atoms with van der Waals surface area (Å²) < 4.78 is 13.6. The van der Waals surface area contributed by atoms with Crippen LogP contribution in [-0.4, -0.2) is 0 Å². The normalized spacial score (nSPS) is 10.8. The Kier molecular flexibility index (Phi) is 4.02. The molecule has 0 N–H and O–H groups in total. The molecule has 0 amide bonds. The average Bonchev–Trinajstić information content (AvgIpc) is 1.96. The van der Waals surface area contributed by atoms with E-state index in [-0.39, 0.29) is 9.55 Å². The predicted molar refractivity (Wildman–Crippen MR) is 59.7 cm³/mol. The molecule has 0 aliphatic carbocycles. The van der Waals surface area contributed by atoms with Gasteiger partial charge in [0.15, 0.2) is 0 Å². The fraction of sp³-hybridized carbons (Fsp3) is 0.143. The minimum Gasteiger partial charge on any atom is -0.207 e. The van der Waals surface area contributed by atoms with Crippen LogP contribution in [-0.2, 0) is 0 Å². The molecule has 0 aromatic heterocycles. The topological polar surface area (TPSA) is 0 Å². The van der Waals surface area contributed by atoms with Crippen LogP contribution in [0.1, 0.15) is 9.30 Å². The van der Waals surface area contributed by atoms with Gasteiger partial charge in [0, 0.05) is 10.0 Å². The number of rotatable bonds is 1. The Hall–Kier alpha value is 0.880. The first-order valence-electron chi connectivity index (χ1n) is 2.95. The van der Waals surface area contributed by atoms with Crippen molar-refractivity contribution in [1.29, 1.82) is 0 Å². The Labute approximate surface area is 99.9 Å². The Morgan fingerprint density at radius 2 is 1.92 bits per heavy atom. The van der Waals surface area contributed by atoms with Gasteiger partial charge >= 0.3 is 0 Å². The fourth-order valence-corrected chi connectivity index (χ4v) is 1.92. The molecule has 66 valence electrons. The average molecular weight is 381 g/mol. The van der Waals surface area contributed by atoms with Gasteiger partial charge in [0.1, 0.15) is 5.82 Å². The van der Waals surface area contributed by atoms with Crippen LogP contribution < -0.4 is 0 Å². The zero-order chi connectivity index (χ0) is 9.30. The highest BCUT2D eigenvalue weighted by Crippen LogP contribution is 2.35. The zero-order valence-corrected chi connectivity index (χ0v) is 11.1. The molecule has 0 heterocycles. The van der Waals surface area contributed by atoms with Crippen LogP contribution in [0.5, 0.6) is 0 Å². The third-order valence-corrected chi connectivity index (χ3v) is 3.46. The van der Waals surface area contributed by atoms with E-state index in [0.29, 0.717) is 15.1 Å². The summed E-state index contributed by atoms with van der Waals surface area (Å²) in [6, 6.07) is 2.91. The summed E-state index contributed by atoms with van der Waals surface area (Å²) in [6.45, 7) is 0. The van der Waals surface area contributed by atoms with E-state index >= 15 is 0 Å². The molecule has 0 radical (unpaired) electrons. The van der Waals surface area contributed by atoms with E-state index in [1.807, 2.05) is 0 Å². The Morgan fingerprint density at radius 1 is 1.33 bits per heavy atom. The lowest BCUT2D eigenvalue weighted by molar-refractivity contribution is 0.617. The predicted octanol–water partition coefficient (Wildman–Crippen LogP) is 5.03. The van der Waals surface area contributed by atoms with Crippen molar-refractivity contribution in [3.05, 3.63) is 33.0 Å². The molecule has 1 rings (SSSR count). The molecular weight excluding hydrogens is 378 g/mol. The number of hydrogen-bond acceptors (Lipinski definition) is 0. The molecule has 5 heteroatoms. The van der Waals surface area contributed by atoms with Crippen molar-refractivity contribution < 1.29 is 4.39 Å². The molecule has 0 spiro atoms. The highest BCUT2D eigenvalue weighted by Gasteiger charge is 2.11. The van der Waals surface area contributed by atoms with Gasteiger partial charge in [-0.3, -0.25) is 0 Å². The van der Waals surface area contributed by atoms with E-state index in [2.05, 4.69) is 47.8 Å². The maximum atomic E-state index is 13.1. The lowest BCUT2D eigenvalue weighted by atomic mass is 10.2. The Morgan fingerprint density at radius 3 is 2.42 bits per heavy atom. The summed E-state index contributed by atoms with van der Waals surface area (Å²) in [5.74, 6) is -0.332. The number of alkyl halides is 2. The number of benzene rings is 1. The molecule has 0 aliphatic rings. The zero-order valence-electron chi connectivity index (χ0n) is 5.62. The van der Waals surface area contributed by atoms with E-state index < -0.39 is 0 Å². The highest BCUT2D eigenvalue weighted by molar-refractivity contribution is 9.24. The fourth-order valence-electron chi connectivity index (χ4n) is 0.705. The summed E-state index contributed by atoms with van der Waals surface area (Å²) in [7, 11) is 0. The Bertz CT molecular complexity index is 301. The molecule has 0 bridgehead atoms. The second-order valence-electron chi connectivity index (χ2n) is 2.09. The first-order chi connectivity index (χ1) is 5.52. The summed E-state index contributed by atoms with van der Waals surface area (Å²) in [5.41, 5.74) is 0.520. The lowest BCUT2D eigenvalue weighted by Crippen LogP contribution is -1.88. The second kappa shape index (κ2) is 4.40. The summed E-state index contributed by atoms with van der Waals surface area (Å²) in [6.07, 6.45) is 0. The molecule has 0 nitrogen and oxygen atoms in total. The molecule has 0 saturated carbocycles. The van der Waals surface area contributed by atoms with Crippen LogP contribution in [0.3, 0.4) is 0 Å². The van der Waals surface area contributed by atoms with Crippen molar-refractivity contribution in [2.45, 2.75) is 3.74 Å². The second-order valence-corrected chi connectivity index (χ2v) is 6.41. The van der Waals surface area contributed by atoms with Gasteiger partial charge in [-0.2, -0.15) is 0 Å². The van der Waals surface area contributed by atoms with Gasteiger partial charge in [0.2, 0.25) is 0 Å². The van der Waals surface area contributed by atoms with Gasteiger partial charge in [-0.1, -0.05) is 43.5 Å². The van der Waals surface area contributed by atoms with Crippen molar-refractivity contribution in [3.63, 3.8) is 0 Å². The number of halogens is 5. The molecule has 0 unspecified atom stereocenters. The van der Waals surface area contributed by atoms with Gasteiger partial charge in [-0.05, 0) is 28.1 Å². The van der Waals surface area contributed by atoms with Gasteiger partial charge < -0.3 is 0 Å². The SMILES string of the molecule is Fc1cc(Cl)c(Br)cc1C(Br)Br. The van der Waals surface area contributed by atoms with Crippen LogP contribution in [0.4, 0.5) is 4.39 Å². The van der Waals surface area contributed by atoms with Gasteiger partial charge in [-0.15, -0.1) is 0 Å². The van der Waals surface area contributed by atoms with Crippen LogP contribution in [0.25, 0.3) is 0 Å². The van der Waals surface area contributed by atoms with E-state index in [1.54, 1.807) is 6.07 Å². The van der Waals surface area contributed by atoms with Crippen LogP contribution >= 0.6 is 59.4 Å². The van der Waals surface area contributed by atoms with E-state index in [1.165, 1.54) is 6.07 Å². The summed E-state index contributed by atoms with van der Waals surface area (Å²) in [4.78, 5) is 0. The first-order valence-corrected chi connectivity index (χ1v) is 5.95. The van der Waals surface area contributed by atoms with Crippen molar-refractivity contribution in [3.8, 4) is 0 Å². The minimum atomic E-state index is -0.332. The third-order valence-electron chi connectivity index (χ3n) is 1.27. The molecule has 0 aliphatic heterocycles. The van der Waals surface area contributed by atoms with Crippen molar-refractivity contribution in [2.75, 3.05) is 0 Å². The molecule has 12 heavy (non-hydrogen) atoms. The molecule has 1 aromatic carbocycles. The summed E-state index contributed by atoms with van der Waals surface area (Å²) in [5, 5.41) is 0.372. The smallest absolute Gasteiger partial charge is 0.129 e. The quantitative estimate of drug-likeness (QED) is 0.473. The number of hydrogen-bond donors (Lipinski definition) is 0. The van der Waals surface area contributed by atoms with E-state index in [9.17, 15) is 4.39 Å². The maximum absolute atomic E-state index is 13.1. The van der Waals surface area contributed by atoms with Crippen molar-refractivity contribution in [1.82, 2.24) is 0 Å². The van der Waals surface area contributed by atoms with Crippen molar-refractivity contribution in [2.24, 2.45) is 0 Å². The largest absolute Gasteiger partial charge is 0.207 e. The Balaban J connectivity index is 3.23. The summed E-state index contributed by atoms with van der Waals surface area (Å²) >= 11 is 15.3. The van der Waals surface area contributed by atoms with Crippen LogP contribution in [0.2, 0.25) is 5.02 Å². The van der Waals surface area contributed by atoms with E-state index in [4.69, 9.17) is 11.6 Å². The maximum Gasteiger partial charge on any atom is 0.129 e.